The molecule has 4 rings (SSSR count). The number of anilines is 2. The van der Waals surface area contributed by atoms with Crippen LogP contribution in [0.3, 0.4) is 0 Å². The van der Waals surface area contributed by atoms with Gasteiger partial charge in [-0.15, -0.1) is 0 Å². The zero-order valence-electron chi connectivity index (χ0n) is 41.5. The molecule has 1 aliphatic heterocycles. The summed E-state index contributed by atoms with van der Waals surface area (Å²) < 4.78 is 12.1. The van der Waals surface area contributed by atoms with Gasteiger partial charge in [0.2, 0.25) is 0 Å². The Morgan fingerprint density at radius 2 is 1.67 bits per heavy atom. The molecule has 0 spiro atoms. The van der Waals surface area contributed by atoms with Gasteiger partial charge in [0.15, 0.2) is 0 Å². The van der Waals surface area contributed by atoms with Crippen molar-refractivity contribution in [2.24, 2.45) is 5.92 Å². The van der Waals surface area contributed by atoms with Crippen LogP contribution in [-0.4, -0.2) is 50.6 Å². The minimum absolute atomic E-state index is 0.103. The molecule has 0 radical (unpaired) electrons. The van der Waals surface area contributed by atoms with Gasteiger partial charge < -0.3 is 25.0 Å². The smallest absolute Gasteiger partial charge is 0.251 e. The molecule has 3 aromatic rings. The monoisotopic (exact) mass is 876 g/mol. The van der Waals surface area contributed by atoms with Gasteiger partial charge in [-0.05, 0) is 104 Å². The Morgan fingerprint density at radius 3 is 2.34 bits per heavy atom. The highest BCUT2D eigenvalue weighted by Gasteiger charge is 2.40. The van der Waals surface area contributed by atoms with Crippen molar-refractivity contribution in [3.8, 4) is 0 Å². The fourth-order valence-electron chi connectivity index (χ4n) is 8.11. The zero-order chi connectivity index (χ0) is 47.1. The van der Waals surface area contributed by atoms with Gasteiger partial charge in [-0.2, -0.15) is 0 Å². The number of nitrogens with zero attached hydrogens (tertiary/aromatic N) is 1. The second-order valence-electron chi connectivity index (χ2n) is 16.7. The Labute approximate surface area is 389 Å². The van der Waals surface area contributed by atoms with Crippen molar-refractivity contribution in [3.63, 3.8) is 0 Å². The number of ether oxygens (including phenoxy) is 2. The summed E-state index contributed by atoms with van der Waals surface area (Å²) >= 11 is 0. The Kier molecular flexibility index (Phi) is 28.5. The van der Waals surface area contributed by atoms with E-state index in [0.29, 0.717) is 49.9 Å². The summed E-state index contributed by atoms with van der Waals surface area (Å²) in [6.45, 7) is 29.1. The van der Waals surface area contributed by atoms with Gasteiger partial charge in [0.05, 0.1) is 25.9 Å². The molecule has 0 saturated heterocycles. The van der Waals surface area contributed by atoms with Crippen LogP contribution in [0.2, 0.25) is 0 Å². The number of benzene rings is 3. The fraction of sp³-hybridized carbons (Fsp3) is 0.509. The molecule has 0 fully saturated rings. The summed E-state index contributed by atoms with van der Waals surface area (Å²) in [5.41, 5.74) is 9.35. The maximum atomic E-state index is 14.3. The van der Waals surface area contributed by atoms with Gasteiger partial charge in [0.25, 0.3) is 5.91 Å². The quantitative estimate of drug-likeness (QED) is 0.0344. The van der Waals surface area contributed by atoms with Crippen molar-refractivity contribution >= 4 is 29.6 Å². The predicted octanol–water partition coefficient (Wildman–Crippen LogP) is 14.5. The average molecular weight is 876 g/mol. The third-order valence-corrected chi connectivity index (χ3v) is 11.5. The lowest BCUT2D eigenvalue weighted by molar-refractivity contribution is -0.104. The molecule has 7 nitrogen and oxygen atoms in total. The van der Waals surface area contributed by atoms with Gasteiger partial charge in [-0.3, -0.25) is 9.59 Å². The standard InChI is InChI=1S/C52H71N3O4.C3H8.C2H6/c1-8-12-24-47(41(7)53-48-29-26-42(22-17-32-56)36-44(48)23-18-33-59-38-43-20-15-14-16-21-43)54-52(57)45-27-28-46-50(37-45)55(31-35-58-34-30-39(5)11-4)49(25-13-9-2)51(46)40(6)19-10-3;1-3-2;1-2/h9,13-17,20-22,26-30,32,36-37,40,47,49,51,53H,7-8,10-12,18-19,23-25,31,33-35,38H2,1-6H3,(H,54,57);3H2,1-2H3;1-2H3/b13-9-,22-17+,39-30+;;. The highest BCUT2D eigenvalue weighted by atomic mass is 16.5. The Hall–Kier alpha value is -4.72. The molecule has 2 N–H and O–H groups in total. The molecule has 1 aliphatic rings. The maximum Gasteiger partial charge on any atom is 0.251 e. The first-order valence-corrected chi connectivity index (χ1v) is 24.5. The second-order valence-corrected chi connectivity index (χ2v) is 16.7. The molecule has 1 heterocycles. The number of hydrogen-bond acceptors (Lipinski definition) is 6. The number of aryl methyl sites for hydroxylation is 1. The van der Waals surface area contributed by atoms with E-state index in [1.54, 1.807) is 0 Å². The normalized spacial score (nSPS) is 15.5. The molecule has 0 saturated carbocycles. The molecule has 4 unspecified atom stereocenters. The van der Waals surface area contributed by atoms with E-state index in [-0.39, 0.29) is 11.9 Å². The second kappa shape index (κ2) is 32.9. The number of amides is 1. The number of carbonyl (C=O) groups excluding carboxylic acids is 2. The summed E-state index contributed by atoms with van der Waals surface area (Å²) in [5.74, 6) is 0.768. The number of unbranched alkanes of at least 4 members (excludes halogenated alkanes) is 1. The van der Waals surface area contributed by atoms with Gasteiger partial charge in [0.1, 0.15) is 6.29 Å². The number of fused-ring (bicyclic) bond motifs is 1. The molecule has 0 aromatic heterocycles. The molecule has 1 amide bonds. The van der Waals surface area contributed by atoms with Crippen molar-refractivity contribution < 1.29 is 19.1 Å². The molecule has 7 heteroatoms. The van der Waals surface area contributed by atoms with E-state index in [1.165, 1.54) is 23.6 Å². The summed E-state index contributed by atoms with van der Waals surface area (Å²) in [5, 5.41) is 6.97. The Balaban J connectivity index is 0.00000270. The van der Waals surface area contributed by atoms with Crippen LogP contribution in [0.4, 0.5) is 11.4 Å². The molecular weight excluding hydrogens is 791 g/mol. The summed E-state index contributed by atoms with van der Waals surface area (Å²) in [6, 6.07) is 22.7. The van der Waals surface area contributed by atoms with Crippen LogP contribution >= 0.6 is 0 Å². The van der Waals surface area contributed by atoms with Crippen molar-refractivity contribution in [2.75, 3.05) is 36.6 Å². The third-order valence-electron chi connectivity index (χ3n) is 11.5. The van der Waals surface area contributed by atoms with Gasteiger partial charge in [-0.25, -0.2) is 0 Å². The summed E-state index contributed by atoms with van der Waals surface area (Å²) in [6.07, 6.45) is 20.6. The Bertz CT molecular complexity index is 1870. The number of aldehydes is 1. The largest absolute Gasteiger partial charge is 0.377 e. The number of allylic oxidation sites excluding steroid dienone is 3. The minimum Gasteiger partial charge on any atom is -0.377 e. The third kappa shape index (κ3) is 18.8. The summed E-state index contributed by atoms with van der Waals surface area (Å²) in [7, 11) is 0. The molecule has 352 valence electrons. The van der Waals surface area contributed by atoms with Crippen LogP contribution in [0.15, 0.2) is 109 Å². The molecule has 3 aromatic carbocycles. The molecule has 0 aliphatic carbocycles. The maximum absolute atomic E-state index is 14.3. The van der Waals surface area contributed by atoms with Gasteiger partial charge in [0, 0.05) is 47.7 Å². The molecular formula is C57H85N3O4. The van der Waals surface area contributed by atoms with Gasteiger partial charge in [-0.1, -0.05) is 166 Å². The van der Waals surface area contributed by atoms with Crippen LogP contribution in [0.1, 0.15) is 166 Å². The van der Waals surface area contributed by atoms with E-state index in [2.05, 4.69) is 126 Å². The number of hydrogen-bond donors (Lipinski definition) is 2. The van der Waals surface area contributed by atoms with Crippen LogP contribution in [0, 0.1) is 5.92 Å². The lowest BCUT2D eigenvalue weighted by Crippen LogP contribution is -2.39. The molecule has 0 bridgehead atoms. The van der Waals surface area contributed by atoms with Crippen molar-refractivity contribution in [1.82, 2.24) is 5.32 Å². The molecule has 64 heavy (non-hydrogen) atoms. The highest BCUT2D eigenvalue weighted by Crippen LogP contribution is 2.47. The van der Waals surface area contributed by atoms with E-state index < -0.39 is 0 Å². The van der Waals surface area contributed by atoms with Crippen LogP contribution in [0.25, 0.3) is 6.08 Å². The summed E-state index contributed by atoms with van der Waals surface area (Å²) in [4.78, 5) is 27.9. The first-order valence-electron chi connectivity index (χ1n) is 24.5. The highest BCUT2D eigenvalue weighted by molar-refractivity contribution is 5.96. The SMILES string of the molecule is C=C(Nc1ccc(/C=C/C=O)cc1CCCOCc1ccccc1)C(CCCC)NC(=O)c1ccc2c(c1)N(CCOC/C=C(\C)CC)C(C/C=C\C)C2C(C)CCC.CC.CCC. The van der Waals surface area contributed by atoms with Gasteiger partial charge >= 0.3 is 0 Å². The number of rotatable bonds is 27. The van der Waals surface area contributed by atoms with E-state index in [1.807, 2.05) is 56.3 Å². The van der Waals surface area contributed by atoms with E-state index in [4.69, 9.17) is 9.47 Å². The fourth-order valence-corrected chi connectivity index (χ4v) is 8.11. The van der Waals surface area contributed by atoms with Crippen LogP contribution in [0.5, 0.6) is 0 Å². The topological polar surface area (TPSA) is 79.9 Å². The molecule has 4 atom stereocenters. The Morgan fingerprint density at radius 1 is 0.922 bits per heavy atom. The van der Waals surface area contributed by atoms with Crippen molar-refractivity contribution in [1.29, 1.82) is 0 Å². The number of nitrogens with one attached hydrogen (secondary N) is 2. The van der Waals surface area contributed by atoms with Crippen LogP contribution in [-0.2, 0) is 27.3 Å². The van der Waals surface area contributed by atoms with E-state index >= 15 is 0 Å². The van der Waals surface area contributed by atoms with E-state index in [9.17, 15) is 9.59 Å². The minimum atomic E-state index is -0.281. The lowest BCUT2D eigenvalue weighted by atomic mass is 9.80. The predicted molar refractivity (Wildman–Crippen MR) is 276 cm³/mol. The average Bonchev–Trinajstić information content (AvgIpc) is 3.62. The van der Waals surface area contributed by atoms with Crippen LogP contribution < -0.4 is 15.5 Å². The first-order chi connectivity index (χ1) is 31.1. The van der Waals surface area contributed by atoms with Crippen molar-refractivity contribution in [3.05, 3.63) is 137 Å². The first kappa shape index (κ1) is 55.4. The van der Waals surface area contributed by atoms with E-state index in [0.717, 1.165) is 104 Å². The lowest BCUT2D eigenvalue weighted by Gasteiger charge is -2.32. The number of carbonyl (C=O) groups is 2. The zero-order valence-corrected chi connectivity index (χ0v) is 41.5. The van der Waals surface area contributed by atoms with Crippen molar-refractivity contribution in [2.45, 2.75) is 158 Å².